The van der Waals surface area contributed by atoms with E-state index in [9.17, 15) is 0 Å². The molecule has 0 amide bonds. The van der Waals surface area contributed by atoms with Crippen molar-refractivity contribution in [2.45, 2.75) is 45.6 Å². The lowest BCUT2D eigenvalue weighted by molar-refractivity contribution is 0.277. The highest BCUT2D eigenvalue weighted by Gasteiger charge is 2.08. The van der Waals surface area contributed by atoms with E-state index in [2.05, 4.69) is 54.5 Å². The van der Waals surface area contributed by atoms with E-state index in [1.165, 1.54) is 12.0 Å². The first kappa shape index (κ1) is 16.2. The predicted molar refractivity (Wildman–Crippen MR) is 82.9 cm³/mol. The molecule has 1 aromatic carbocycles. The van der Waals surface area contributed by atoms with Gasteiger partial charge in [-0.1, -0.05) is 44.2 Å². The first-order valence-electron chi connectivity index (χ1n) is 7.52. The molecule has 1 aromatic rings. The smallest absolute Gasteiger partial charge is 0.0222 e. The number of hydrogen-bond donors (Lipinski definition) is 2. The van der Waals surface area contributed by atoms with Gasteiger partial charge in [0.2, 0.25) is 0 Å². The van der Waals surface area contributed by atoms with Crippen LogP contribution in [0.4, 0.5) is 0 Å². The quantitative estimate of drug-likeness (QED) is 0.503. The fraction of sp³-hybridized carbons (Fsp3) is 0.625. The lowest BCUT2D eigenvalue weighted by atomic mass is 10.0. The standard InChI is InChI=1S/C16H29N3/c1-3-19(4-2)14-13-16(18-17)12-8-11-15-9-6-5-7-10-15/h5-7,9-10,16,18H,3-4,8,11-14,17H2,1-2H3. The molecule has 0 spiro atoms. The van der Waals surface area contributed by atoms with Crippen LogP contribution in [0.25, 0.3) is 0 Å². The average Bonchev–Trinajstić information content (AvgIpc) is 2.47. The molecule has 0 saturated carbocycles. The van der Waals surface area contributed by atoms with Gasteiger partial charge >= 0.3 is 0 Å². The summed E-state index contributed by atoms with van der Waals surface area (Å²) >= 11 is 0. The number of hydrazine groups is 1. The lowest BCUT2D eigenvalue weighted by Gasteiger charge is -2.22. The second-order valence-electron chi connectivity index (χ2n) is 5.06. The van der Waals surface area contributed by atoms with E-state index in [-0.39, 0.29) is 0 Å². The van der Waals surface area contributed by atoms with E-state index >= 15 is 0 Å². The highest BCUT2D eigenvalue weighted by atomic mass is 15.2. The van der Waals surface area contributed by atoms with Gasteiger partial charge in [0.15, 0.2) is 0 Å². The van der Waals surface area contributed by atoms with Gasteiger partial charge in [-0.05, 0) is 50.9 Å². The highest BCUT2D eigenvalue weighted by molar-refractivity contribution is 5.14. The fourth-order valence-corrected chi connectivity index (χ4v) is 2.39. The molecule has 3 nitrogen and oxygen atoms in total. The van der Waals surface area contributed by atoms with E-state index in [0.717, 1.165) is 38.9 Å². The van der Waals surface area contributed by atoms with Crippen molar-refractivity contribution >= 4 is 0 Å². The minimum Gasteiger partial charge on any atom is -0.304 e. The first-order valence-corrected chi connectivity index (χ1v) is 7.52. The van der Waals surface area contributed by atoms with Gasteiger partial charge in [0.1, 0.15) is 0 Å². The molecule has 0 saturated heterocycles. The second kappa shape index (κ2) is 9.96. The molecule has 19 heavy (non-hydrogen) atoms. The number of nitrogens with one attached hydrogen (secondary N) is 1. The number of nitrogens with two attached hydrogens (primary N) is 1. The van der Waals surface area contributed by atoms with Crippen molar-refractivity contribution in [2.75, 3.05) is 19.6 Å². The van der Waals surface area contributed by atoms with E-state index in [1.807, 2.05) is 0 Å². The molecule has 3 N–H and O–H groups in total. The Labute approximate surface area is 118 Å². The Kier molecular flexibility index (Phi) is 8.47. The molecule has 1 rings (SSSR count). The Bertz CT molecular complexity index is 309. The Balaban J connectivity index is 2.21. The minimum atomic E-state index is 0.435. The third-order valence-electron chi connectivity index (χ3n) is 3.78. The summed E-state index contributed by atoms with van der Waals surface area (Å²) in [6.45, 7) is 7.80. The summed E-state index contributed by atoms with van der Waals surface area (Å²) in [5.74, 6) is 5.65. The van der Waals surface area contributed by atoms with Gasteiger partial charge in [0.05, 0.1) is 0 Å². The number of aryl methyl sites for hydroxylation is 1. The van der Waals surface area contributed by atoms with Gasteiger partial charge in [0.25, 0.3) is 0 Å². The number of nitrogens with zero attached hydrogens (tertiary/aromatic N) is 1. The highest BCUT2D eigenvalue weighted by Crippen LogP contribution is 2.08. The van der Waals surface area contributed by atoms with E-state index in [0.29, 0.717) is 6.04 Å². The third kappa shape index (κ3) is 6.71. The zero-order chi connectivity index (χ0) is 13.9. The van der Waals surface area contributed by atoms with Crippen LogP contribution < -0.4 is 11.3 Å². The van der Waals surface area contributed by atoms with Crippen LogP contribution in [0.15, 0.2) is 30.3 Å². The summed E-state index contributed by atoms with van der Waals surface area (Å²) in [6.07, 6.45) is 4.61. The van der Waals surface area contributed by atoms with Crippen molar-refractivity contribution in [3.8, 4) is 0 Å². The molecule has 3 heteroatoms. The Morgan fingerprint density at radius 3 is 2.37 bits per heavy atom. The van der Waals surface area contributed by atoms with Gasteiger partial charge in [-0.25, -0.2) is 0 Å². The zero-order valence-corrected chi connectivity index (χ0v) is 12.4. The molecule has 0 bridgehead atoms. The van der Waals surface area contributed by atoms with Crippen molar-refractivity contribution in [3.05, 3.63) is 35.9 Å². The van der Waals surface area contributed by atoms with Gasteiger partial charge in [-0.15, -0.1) is 0 Å². The molecule has 0 aromatic heterocycles. The topological polar surface area (TPSA) is 41.3 Å². The normalized spacial score (nSPS) is 12.8. The zero-order valence-electron chi connectivity index (χ0n) is 12.4. The maximum Gasteiger partial charge on any atom is 0.0222 e. The third-order valence-corrected chi connectivity index (χ3v) is 3.78. The summed E-state index contributed by atoms with van der Waals surface area (Å²) < 4.78 is 0. The van der Waals surface area contributed by atoms with Crippen LogP contribution >= 0.6 is 0 Å². The van der Waals surface area contributed by atoms with E-state index in [4.69, 9.17) is 5.84 Å². The Hall–Kier alpha value is -0.900. The van der Waals surface area contributed by atoms with Gasteiger partial charge in [-0.3, -0.25) is 11.3 Å². The monoisotopic (exact) mass is 263 g/mol. The molecule has 0 radical (unpaired) electrons. The molecular weight excluding hydrogens is 234 g/mol. The molecule has 0 aliphatic carbocycles. The predicted octanol–water partition coefficient (Wildman–Crippen LogP) is 2.57. The van der Waals surface area contributed by atoms with Gasteiger partial charge in [-0.2, -0.15) is 0 Å². The van der Waals surface area contributed by atoms with Crippen LogP contribution in [0.2, 0.25) is 0 Å². The van der Waals surface area contributed by atoms with Crippen LogP contribution in [0.5, 0.6) is 0 Å². The van der Waals surface area contributed by atoms with Crippen molar-refractivity contribution in [2.24, 2.45) is 5.84 Å². The van der Waals surface area contributed by atoms with Crippen LogP contribution in [-0.4, -0.2) is 30.6 Å². The van der Waals surface area contributed by atoms with Gasteiger partial charge in [0, 0.05) is 6.04 Å². The summed E-state index contributed by atoms with van der Waals surface area (Å²) in [5.41, 5.74) is 4.38. The molecule has 1 atom stereocenters. The molecule has 0 heterocycles. The van der Waals surface area contributed by atoms with Crippen LogP contribution in [-0.2, 0) is 6.42 Å². The minimum absolute atomic E-state index is 0.435. The maximum atomic E-state index is 5.65. The Morgan fingerprint density at radius 1 is 1.11 bits per heavy atom. The molecule has 108 valence electrons. The van der Waals surface area contributed by atoms with Crippen molar-refractivity contribution in [1.29, 1.82) is 0 Å². The van der Waals surface area contributed by atoms with Crippen LogP contribution in [0, 0.1) is 0 Å². The summed E-state index contributed by atoms with van der Waals surface area (Å²) in [6, 6.07) is 11.1. The van der Waals surface area contributed by atoms with Crippen molar-refractivity contribution in [3.63, 3.8) is 0 Å². The molecule has 1 unspecified atom stereocenters. The molecule has 0 aliphatic heterocycles. The average molecular weight is 263 g/mol. The lowest BCUT2D eigenvalue weighted by Crippen LogP contribution is -2.38. The number of rotatable bonds is 10. The maximum absolute atomic E-state index is 5.65. The van der Waals surface area contributed by atoms with Crippen molar-refractivity contribution < 1.29 is 0 Å². The SMILES string of the molecule is CCN(CC)CCC(CCCc1ccccc1)NN. The van der Waals surface area contributed by atoms with Crippen LogP contribution in [0.3, 0.4) is 0 Å². The molecule has 0 fully saturated rings. The first-order chi connectivity index (χ1) is 9.30. The fourth-order valence-electron chi connectivity index (χ4n) is 2.39. The van der Waals surface area contributed by atoms with E-state index in [1.54, 1.807) is 0 Å². The van der Waals surface area contributed by atoms with Crippen molar-refractivity contribution in [1.82, 2.24) is 10.3 Å². The van der Waals surface area contributed by atoms with E-state index < -0.39 is 0 Å². The molecular formula is C16H29N3. The Morgan fingerprint density at radius 2 is 1.79 bits per heavy atom. The second-order valence-corrected chi connectivity index (χ2v) is 5.06. The van der Waals surface area contributed by atoms with Crippen LogP contribution in [0.1, 0.15) is 38.7 Å². The summed E-state index contributed by atoms with van der Waals surface area (Å²) in [4.78, 5) is 2.45. The van der Waals surface area contributed by atoms with Gasteiger partial charge < -0.3 is 4.90 Å². The summed E-state index contributed by atoms with van der Waals surface area (Å²) in [7, 11) is 0. The number of benzene rings is 1. The molecule has 0 aliphatic rings. The summed E-state index contributed by atoms with van der Waals surface area (Å²) in [5, 5.41) is 0. The number of hydrogen-bond acceptors (Lipinski definition) is 3. The largest absolute Gasteiger partial charge is 0.304 e.